The van der Waals surface area contributed by atoms with Gasteiger partial charge in [-0.15, -0.1) is 0 Å². The van der Waals surface area contributed by atoms with Gasteiger partial charge in [-0.1, -0.05) is 12.1 Å². The van der Waals surface area contributed by atoms with Crippen molar-refractivity contribution in [2.24, 2.45) is 5.73 Å². The Bertz CT molecular complexity index is 857. The molecule has 0 heterocycles. The summed E-state index contributed by atoms with van der Waals surface area (Å²) in [5.74, 6) is 0.157. The van der Waals surface area contributed by atoms with E-state index in [9.17, 15) is 18.0 Å². The van der Waals surface area contributed by atoms with Gasteiger partial charge in [-0.25, -0.2) is 0 Å². The molecule has 0 radical (unpaired) electrons. The van der Waals surface area contributed by atoms with E-state index in [4.69, 9.17) is 10.5 Å². The van der Waals surface area contributed by atoms with Crippen LogP contribution in [0.4, 0.5) is 13.2 Å². The van der Waals surface area contributed by atoms with E-state index in [1.807, 2.05) is 27.7 Å². The highest BCUT2D eigenvalue weighted by Crippen LogP contribution is 2.37. The molecule has 29 heavy (non-hydrogen) atoms. The average molecular weight is 407 g/mol. The standard InChI is InChI=1S/C23H28F3NO2/c1-13-14(2)16(4)21(17(5)15(13)3)29-20(7-6-12-23(24,25)26)18-8-10-19(11-9-18)22(27)28/h8-11,20H,6-7,12H2,1-5H3,(H2,27,28). The van der Waals surface area contributed by atoms with Gasteiger partial charge in [0.05, 0.1) is 0 Å². The van der Waals surface area contributed by atoms with E-state index in [1.54, 1.807) is 24.3 Å². The molecule has 0 fully saturated rings. The molecule has 158 valence electrons. The van der Waals surface area contributed by atoms with Gasteiger partial charge in [-0.2, -0.15) is 13.2 Å². The number of amides is 1. The first kappa shape index (κ1) is 22.8. The minimum atomic E-state index is -4.21. The maximum atomic E-state index is 12.7. The van der Waals surface area contributed by atoms with Gasteiger partial charge in [0, 0.05) is 12.0 Å². The number of carbonyl (C=O) groups is 1. The van der Waals surface area contributed by atoms with Crippen molar-refractivity contribution in [2.45, 2.75) is 66.2 Å². The van der Waals surface area contributed by atoms with Crippen LogP contribution < -0.4 is 10.5 Å². The number of halogens is 3. The van der Waals surface area contributed by atoms with E-state index in [1.165, 1.54) is 5.56 Å². The topological polar surface area (TPSA) is 52.3 Å². The van der Waals surface area contributed by atoms with Crippen molar-refractivity contribution in [3.8, 4) is 5.75 Å². The lowest BCUT2D eigenvalue weighted by atomic mass is 9.93. The summed E-state index contributed by atoms with van der Waals surface area (Å²) in [5, 5.41) is 0. The summed E-state index contributed by atoms with van der Waals surface area (Å²) >= 11 is 0. The summed E-state index contributed by atoms with van der Waals surface area (Å²) in [5.41, 5.74) is 11.7. The summed E-state index contributed by atoms with van der Waals surface area (Å²) < 4.78 is 44.3. The molecular weight excluding hydrogens is 379 g/mol. The van der Waals surface area contributed by atoms with Crippen LogP contribution >= 0.6 is 0 Å². The Morgan fingerprint density at radius 3 is 1.86 bits per heavy atom. The molecule has 1 amide bonds. The number of hydrogen-bond acceptors (Lipinski definition) is 2. The van der Waals surface area contributed by atoms with Crippen molar-refractivity contribution in [1.82, 2.24) is 0 Å². The van der Waals surface area contributed by atoms with Crippen LogP contribution in [0, 0.1) is 34.6 Å². The Morgan fingerprint density at radius 1 is 0.931 bits per heavy atom. The molecule has 0 aromatic heterocycles. The van der Waals surface area contributed by atoms with E-state index in [0.29, 0.717) is 16.9 Å². The molecule has 0 saturated carbocycles. The Hall–Kier alpha value is -2.50. The van der Waals surface area contributed by atoms with Gasteiger partial charge in [-0.3, -0.25) is 4.79 Å². The highest BCUT2D eigenvalue weighted by atomic mass is 19.4. The second-order valence-electron chi connectivity index (χ2n) is 7.55. The molecule has 0 spiro atoms. The fourth-order valence-electron chi connectivity index (χ4n) is 3.43. The van der Waals surface area contributed by atoms with Crippen molar-refractivity contribution < 1.29 is 22.7 Å². The van der Waals surface area contributed by atoms with Gasteiger partial charge in [0.2, 0.25) is 5.91 Å². The van der Waals surface area contributed by atoms with Gasteiger partial charge in [-0.05, 0) is 93.0 Å². The second-order valence-corrected chi connectivity index (χ2v) is 7.55. The predicted octanol–water partition coefficient (Wildman–Crippen LogP) is 6.18. The molecular formula is C23H28F3NO2. The van der Waals surface area contributed by atoms with Crippen LogP contribution in [0.2, 0.25) is 0 Å². The second kappa shape index (κ2) is 8.89. The lowest BCUT2D eigenvalue weighted by Crippen LogP contribution is -2.14. The summed E-state index contributed by atoms with van der Waals surface area (Å²) in [7, 11) is 0. The molecule has 1 atom stereocenters. The molecule has 0 bridgehead atoms. The van der Waals surface area contributed by atoms with Crippen molar-refractivity contribution >= 4 is 5.91 Å². The summed E-state index contributed by atoms with van der Waals surface area (Å²) in [6, 6.07) is 6.53. The van der Waals surface area contributed by atoms with Crippen molar-refractivity contribution in [3.63, 3.8) is 0 Å². The third kappa shape index (κ3) is 5.52. The first-order valence-electron chi connectivity index (χ1n) is 9.62. The number of alkyl halides is 3. The lowest BCUT2D eigenvalue weighted by Gasteiger charge is -2.25. The molecule has 1 unspecified atom stereocenters. The minimum absolute atomic E-state index is 0.0480. The lowest BCUT2D eigenvalue weighted by molar-refractivity contribution is -0.136. The first-order chi connectivity index (χ1) is 13.4. The summed E-state index contributed by atoms with van der Waals surface area (Å²) in [6.07, 6.45) is -5.47. The largest absolute Gasteiger partial charge is 0.485 e. The van der Waals surface area contributed by atoms with Crippen LogP contribution in [0.3, 0.4) is 0 Å². The van der Waals surface area contributed by atoms with Crippen molar-refractivity contribution in [1.29, 1.82) is 0 Å². The Morgan fingerprint density at radius 2 is 1.41 bits per heavy atom. The highest BCUT2D eigenvalue weighted by Gasteiger charge is 2.28. The van der Waals surface area contributed by atoms with Gasteiger partial charge < -0.3 is 10.5 Å². The molecule has 0 aliphatic heterocycles. The quantitative estimate of drug-likeness (QED) is 0.596. The monoisotopic (exact) mass is 407 g/mol. The van der Waals surface area contributed by atoms with Crippen molar-refractivity contribution in [2.75, 3.05) is 0 Å². The van der Waals surface area contributed by atoms with Gasteiger partial charge in [0.1, 0.15) is 11.9 Å². The number of nitrogens with two attached hydrogens (primary N) is 1. The molecule has 0 saturated heterocycles. The number of benzene rings is 2. The summed E-state index contributed by atoms with van der Waals surface area (Å²) in [4.78, 5) is 11.3. The molecule has 2 aromatic carbocycles. The molecule has 2 rings (SSSR count). The maximum Gasteiger partial charge on any atom is 0.389 e. The Labute approximate surface area is 170 Å². The van der Waals surface area contributed by atoms with E-state index in [-0.39, 0.29) is 12.8 Å². The molecule has 3 nitrogen and oxygen atoms in total. The number of rotatable bonds is 7. The smallest absolute Gasteiger partial charge is 0.389 e. The van der Waals surface area contributed by atoms with Crippen LogP contribution in [0.15, 0.2) is 24.3 Å². The maximum absolute atomic E-state index is 12.7. The van der Waals surface area contributed by atoms with E-state index < -0.39 is 24.6 Å². The molecule has 0 aliphatic carbocycles. The fourth-order valence-corrected chi connectivity index (χ4v) is 3.43. The summed E-state index contributed by atoms with van der Waals surface area (Å²) in [6.45, 7) is 10.0. The van der Waals surface area contributed by atoms with Crippen molar-refractivity contribution in [3.05, 3.63) is 63.2 Å². The third-order valence-electron chi connectivity index (χ3n) is 5.68. The van der Waals surface area contributed by atoms with E-state index in [2.05, 4.69) is 6.92 Å². The van der Waals surface area contributed by atoms with E-state index >= 15 is 0 Å². The third-order valence-corrected chi connectivity index (χ3v) is 5.68. The first-order valence-corrected chi connectivity index (χ1v) is 9.62. The Kier molecular flexibility index (Phi) is 6.98. The number of hydrogen-bond donors (Lipinski definition) is 1. The zero-order valence-corrected chi connectivity index (χ0v) is 17.5. The normalized spacial score (nSPS) is 12.7. The molecule has 0 aliphatic rings. The van der Waals surface area contributed by atoms with Gasteiger partial charge in [0.15, 0.2) is 0 Å². The molecule has 2 N–H and O–H groups in total. The average Bonchev–Trinajstić information content (AvgIpc) is 2.66. The molecule has 2 aromatic rings. The van der Waals surface area contributed by atoms with Crippen LogP contribution in [0.25, 0.3) is 0 Å². The van der Waals surface area contributed by atoms with Gasteiger partial charge in [0.25, 0.3) is 0 Å². The Balaban J connectivity index is 2.39. The van der Waals surface area contributed by atoms with Crippen LogP contribution in [-0.4, -0.2) is 12.1 Å². The van der Waals surface area contributed by atoms with Crippen LogP contribution in [0.1, 0.15) is 69.1 Å². The van der Waals surface area contributed by atoms with Crippen LogP contribution in [0.5, 0.6) is 5.75 Å². The van der Waals surface area contributed by atoms with Gasteiger partial charge >= 0.3 is 6.18 Å². The minimum Gasteiger partial charge on any atom is -0.485 e. The number of primary amides is 1. The van der Waals surface area contributed by atoms with Crippen LogP contribution in [-0.2, 0) is 0 Å². The zero-order valence-electron chi connectivity index (χ0n) is 17.5. The number of carbonyl (C=O) groups excluding carboxylic acids is 1. The SMILES string of the molecule is Cc1c(C)c(C)c(OC(CCCC(F)(F)F)c2ccc(C(N)=O)cc2)c(C)c1C. The zero-order chi connectivity index (χ0) is 21.9. The predicted molar refractivity (Wildman–Crippen MR) is 108 cm³/mol. The highest BCUT2D eigenvalue weighted by molar-refractivity contribution is 5.92. The number of ether oxygens (including phenoxy) is 1. The van der Waals surface area contributed by atoms with E-state index in [0.717, 1.165) is 22.3 Å². The fraction of sp³-hybridized carbons (Fsp3) is 0.435. The molecule has 6 heteroatoms.